The number of carbonyl (C=O) groups is 2. The number of halogens is 2. The van der Waals surface area contributed by atoms with Crippen molar-refractivity contribution < 1.29 is 18.4 Å². The first-order chi connectivity index (χ1) is 17.5. The molecular weight excluding hydrogens is 460 g/mol. The minimum atomic E-state index is -0.675. The predicted molar refractivity (Wildman–Crippen MR) is 135 cm³/mol. The summed E-state index contributed by atoms with van der Waals surface area (Å²) in [4.78, 5) is 25.6. The number of amides is 2. The number of unbranched alkanes of at least 4 members (excludes halogenated alkanes) is 1. The average molecular weight is 492 g/mol. The molecule has 0 aromatic heterocycles. The summed E-state index contributed by atoms with van der Waals surface area (Å²) in [6.07, 6.45) is 3.15. The monoisotopic (exact) mass is 491 g/mol. The number of nitrogens with one attached hydrogen (secondary N) is 3. The molecule has 5 nitrogen and oxygen atoms in total. The van der Waals surface area contributed by atoms with Crippen LogP contribution in [0.2, 0.25) is 0 Å². The van der Waals surface area contributed by atoms with Crippen molar-refractivity contribution in [1.82, 2.24) is 16.0 Å². The minimum Gasteiger partial charge on any atom is -0.350 e. The van der Waals surface area contributed by atoms with Gasteiger partial charge in [0.15, 0.2) is 0 Å². The van der Waals surface area contributed by atoms with Crippen LogP contribution in [0.4, 0.5) is 8.78 Å². The van der Waals surface area contributed by atoms with Crippen LogP contribution < -0.4 is 16.0 Å². The van der Waals surface area contributed by atoms with Gasteiger partial charge in [0.05, 0.1) is 0 Å². The second kappa shape index (κ2) is 12.4. The number of rotatable bonds is 12. The fourth-order valence-corrected chi connectivity index (χ4v) is 4.27. The molecule has 1 aliphatic rings. The van der Waals surface area contributed by atoms with E-state index in [-0.39, 0.29) is 30.0 Å². The van der Waals surface area contributed by atoms with E-state index >= 15 is 0 Å². The van der Waals surface area contributed by atoms with E-state index in [2.05, 4.69) is 16.0 Å². The quantitative estimate of drug-likeness (QED) is 0.322. The van der Waals surface area contributed by atoms with Crippen LogP contribution in [0.15, 0.2) is 78.9 Å². The van der Waals surface area contributed by atoms with E-state index < -0.39 is 6.04 Å². The molecule has 7 heteroatoms. The lowest BCUT2D eigenvalue weighted by molar-refractivity contribution is -0.123. The van der Waals surface area contributed by atoms with Gasteiger partial charge in [-0.15, -0.1) is 0 Å². The van der Waals surface area contributed by atoms with Gasteiger partial charge < -0.3 is 16.0 Å². The number of hydrogen-bond donors (Lipinski definition) is 3. The summed E-state index contributed by atoms with van der Waals surface area (Å²) in [5.41, 5.74) is 2.42. The van der Waals surface area contributed by atoms with Gasteiger partial charge in [-0.25, -0.2) is 8.78 Å². The average Bonchev–Trinajstić information content (AvgIpc) is 3.67. The Kier molecular flexibility index (Phi) is 8.79. The molecular formula is C29H31F2N3O2. The van der Waals surface area contributed by atoms with E-state index in [0.717, 1.165) is 36.9 Å². The van der Waals surface area contributed by atoms with E-state index in [1.807, 2.05) is 18.2 Å². The van der Waals surface area contributed by atoms with Gasteiger partial charge in [-0.2, -0.15) is 0 Å². The summed E-state index contributed by atoms with van der Waals surface area (Å²) in [6, 6.07) is 21.1. The van der Waals surface area contributed by atoms with E-state index in [4.69, 9.17) is 0 Å². The number of benzene rings is 3. The SMILES string of the molecule is O=C(N[C@@H](CCCCN[C@@H]1C[C@H]1c1ccc(F)cc1)C(=O)NCc1ccc(F)cc1)c1ccccc1. The molecule has 0 unspecified atom stereocenters. The van der Waals surface area contributed by atoms with Crippen molar-refractivity contribution in [3.8, 4) is 0 Å². The van der Waals surface area contributed by atoms with Crippen molar-refractivity contribution in [2.75, 3.05) is 6.54 Å². The number of hydrogen-bond acceptors (Lipinski definition) is 3. The van der Waals surface area contributed by atoms with Crippen LogP contribution >= 0.6 is 0 Å². The van der Waals surface area contributed by atoms with Gasteiger partial charge in [-0.3, -0.25) is 9.59 Å². The molecule has 4 rings (SSSR count). The first-order valence-corrected chi connectivity index (χ1v) is 12.4. The summed E-state index contributed by atoms with van der Waals surface area (Å²) in [6.45, 7) is 1.06. The van der Waals surface area contributed by atoms with Crippen LogP contribution in [0.3, 0.4) is 0 Å². The van der Waals surface area contributed by atoms with Crippen LogP contribution in [0.1, 0.15) is 53.1 Å². The Morgan fingerprint density at radius 3 is 2.22 bits per heavy atom. The minimum absolute atomic E-state index is 0.223. The molecule has 0 bridgehead atoms. The molecule has 1 saturated carbocycles. The summed E-state index contributed by atoms with van der Waals surface area (Å²) in [5, 5.41) is 9.24. The highest BCUT2D eigenvalue weighted by molar-refractivity contribution is 5.97. The van der Waals surface area contributed by atoms with Crippen LogP contribution in [-0.2, 0) is 11.3 Å². The summed E-state index contributed by atoms with van der Waals surface area (Å²) in [5.74, 6) is -0.701. The zero-order chi connectivity index (χ0) is 25.3. The van der Waals surface area contributed by atoms with Gasteiger partial charge in [-0.05, 0) is 79.8 Å². The standard InChI is InChI=1S/C29H31F2N3O2/c30-23-13-9-20(10-14-23)19-33-29(36)26(34-28(35)22-6-2-1-3-7-22)8-4-5-17-32-27-18-25(27)21-11-15-24(31)16-12-21/h1-3,6-7,9-16,25-27,32H,4-5,8,17-19H2,(H,33,36)(H,34,35)/t25-,26-,27+/m0/s1. The van der Waals surface area contributed by atoms with Crippen molar-refractivity contribution in [2.24, 2.45) is 0 Å². The highest BCUT2D eigenvalue weighted by Crippen LogP contribution is 2.40. The first kappa shape index (κ1) is 25.5. The maximum absolute atomic E-state index is 13.1. The summed E-state index contributed by atoms with van der Waals surface area (Å²) < 4.78 is 26.3. The first-order valence-electron chi connectivity index (χ1n) is 12.4. The highest BCUT2D eigenvalue weighted by Gasteiger charge is 2.37. The third kappa shape index (κ3) is 7.46. The van der Waals surface area contributed by atoms with Crippen molar-refractivity contribution in [1.29, 1.82) is 0 Å². The fraction of sp³-hybridized carbons (Fsp3) is 0.310. The lowest BCUT2D eigenvalue weighted by Crippen LogP contribution is -2.46. The van der Waals surface area contributed by atoms with E-state index in [1.165, 1.54) is 24.3 Å². The van der Waals surface area contributed by atoms with Crippen molar-refractivity contribution in [3.05, 3.63) is 107 Å². The Labute approximate surface area is 210 Å². The lowest BCUT2D eigenvalue weighted by atomic mass is 10.1. The maximum atomic E-state index is 13.1. The lowest BCUT2D eigenvalue weighted by Gasteiger charge is -2.19. The Bertz CT molecular complexity index is 1140. The van der Waals surface area contributed by atoms with Crippen molar-refractivity contribution in [3.63, 3.8) is 0 Å². The van der Waals surface area contributed by atoms with E-state index in [0.29, 0.717) is 23.9 Å². The molecule has 188 valence electrons. The molecule has 0 heterocycles. The Morgan fingerprint density at radius 1 is 0.861 bits per heavy atom. The van der Waals surface area contributed by atoms with Crippen LogP contribution in [-0.4, -0.2) is 30.4 Å². The molecule has 3 aromatic rings. The zero-order valence-electron chi connectivity index (χ0n) is 20.1. The van der Waals surface area contributed by atoms with Gasteiger partial charge in [0.2, 0.25) is 5.91 Å². The van der Waals surface area contributed by atoms with E-state index in [1.54, 1.807) is 36.4 Å². The normalized spacial score (nSPS) is 17.3. The Morgan fingerprint density at radius 2 is 1.53 bits per heavy atom. The molecule has 0 spiro atoms. The fourth-order valence-electron chi connectivity index (χ4n) is 4.27. The second-order valence-corrected chi connectivity index (χ2v) is 9.19. The van der Waals surface area contributed by atoms with Gasteiger partial charge in [0, 0.05) is 24.1 Å². The van der Waals surface area contributed by atoms with Gasteiger partial charge in [0.25, 0.3) is 5.91 Å². The second-order valence-electron chi connectivity index (χ2n) is 9.19. The third-order valence-electron chi connectivity index (χ3n) is 6.45. The zero-order valence-corrected chi connectivity index (χ0v) is 20.1. The van der Waals surface area contributed by atoms with Crippen molar-refractivity contribution >= 4 is 11.8 Å². The third-order valence-corrected chi connectivity index (χ3v) is 6.45. The molecule has 0 saturated heterocycles. The maximum Gasteiger partial charge on any atom is 0.251 e. The highest BCUT2D eigenvalue weighted by atomic mass is 19.1. The summed E-state index contributed by atoms with van der Waals surface area (Å²) in [7, 11) is 0. The molecule has 3 N–H and O–H groups in total. The van der Waals surface area contributed by atoms with Crippen LogP contribution in [0, 0.1) is 11.6 Å². The van der Waals surface area contributed by atoms with Crippen LogP contribution in [0.5, 0.6) is 0 Å². The molecule has 3 atom stereocenters. The molecule has 1 fully saturated rings. The molecule has 2 amide bonds. The topological polar surface area (TPSA) is 70.2 Å². The van der Waals surface area contributed by atoms with Gasteiger partial charge in [0.1, 0.15) is 17.7 Å². The predicted octanol–water partition coefficient (Wildman–Crippen LogP) is 4.70. The van der Waals surface area contributed by atoms with E-state index in [9.17, 15) is 18.4 Å². The van der Waals surface area contributed by atoms with Gasteiger partial charge in [-0.1, -0.05) is 42.5 Å². The molecule has 0 aliphatic heterocycles. The van der Waals surface area contributed by atoms with Crippen LogP contribution in [0.25, 0.3) is 0 Å². The summed E-state index contributed by atoms with van der Waals surface area (Å²) >= 11 is 0. The molecule has 3 aromatic carbocycles. The largest absolute Gasteiger partial charge is 0.350 e. The molecule has 36 heavy (non-hydrogen) atoms. The number of carbonyl (C=O) groups excluding carboxylic acids is 2. The smallest absolute Gasteiger partial charge is 0.251 e. The Hall–Kier alpha value is -3.58. The molecule has 0 radical (unpaired) electrons. The molecule has 1 aliphatic carbocycles. The van der Waals surface area contributed by atoms with Crippen molar-refractivity contribution in [2.45, 2.75) is 50.2 Å². The Balaban J connectivity index is 1.24. The van der Waals surface area contributed by atoms with Gasteiger partial charge >= 0.3 is 0 Å².